The van der Waals surface area contributed by atoms with Crippen molar-refractivity contribution in [3.05, 3.63) is 53.0 Å². The van der Waals surface area contributed by atoms with E-state index >= 15 is 0 Å². The molecule has 142 valence electrons. The highest BCUT2D eigenvalue weighted by Gasteiger charge is 2.07. The fourth-order valence-corrected chi connectivity index (χ4v) is 2.26. The van der Waals surface area contributed by atoms with E-state index in [-0.39, 0.29) is 24.9 Å². The lowest BCUT2D eigenvalue weighted by molar-refractivity contribution is 0.0976. The normalized spacial score (nSPS) is 18.7. The van der Waals surface area contributed by atoms with Crippen LogP contribution in [0.4, 0.5) is 0 Å². The lowest BCUT2D eigenvalue weighted by atomic mass is 10.0. The summed E-state index contributed by atoms with van der Waals surface area (Å²) in [6, 6.07) is 4.01. The van der Waals surface area contributed by atoms with Gasteiger partial charge in [0, 0.05) is 2.74 Å². The van der Waals surface area contributed by atoms with Gasteiger partial charge in [-0.25, -0.2) is 0 Å². The minimum Gasteiger partial charge on any atom is -0.493 e. The Morgan fingerprint density at radius 1 is 1.12 bits per heavy atom. The molecule has 0 aliphatic heterocycles. The molecule has 0 heterocycles. The minimum absolute atomic E-state index is 0.174. The molecule has 0 spiro atoms. The number of methoxy groups -OCH3 is 2. The van der Waals surface area contributed by atoms with Crippen LogP contribution in [0.3, 0.4) is 0 Å². The van der Waals surface area contributed by atoms with Crippen LogP contribution < -0.4 is 14.2 Å². The molecule has 2 rings (SSSR count). The minimum atomic E-state index is -3.38. The van der Waals surface area contributed by atoms with Crippen LogP contribution >= 0.6 is 0 Å². The monoisotopic (exact) mass is 366 g/mol. The van der Waals surface area contributed by atoms with Crippen molar-refractivity contribution in [1.82, 2.24) is 0 Å². The second kappa shape index (κ2) is 10.1. The van der Waals surface area contributed by atoms with E-state index in [1.165, 1.54) is 21.1 Å². The molecule has 1 N–H and O–H groups in total. The van der Waals surface area contributed by atoms with Crippen LogP contribution in [0, 0.1) is 13.8 Å². The first kappa shape index (κ1) is 11.5. The molecule has 0 aliphatic carbocycles. The van der Waals surface area contributed by atoms with Gasteiger partial charge in [-0.1, -0.05) is 18.5 Å². The SMILES string of the molecule is [2H]c1c([2H])c(OC([2H])([2H])C([2H])(O)C([2H])([2H])CCCc2ccc(OC)c(OC)c2)c([2H])c(C)c1C. The van der Waals surface area contributed by atoms with Crippen LogP contribution in [0.5, 0.6) is 17.2 Å². The molecule has 0 amide bonds. The molecule has 0 aliphatic rings. The van der Waals surface area contributed by atoms with E-state index in [9.17, 15) is 5.11 Å². The Hall–Kier alpha value is -2.20. The molecular weight excluding hydrogens is 328 g/mol. The van der Waals surface area contributed by atoms with Crippen LogP contribution in [0.2, 0.25) is 0 Å². The fourth-order valence-electron chi connectivity index (χ4n) is 2.26. The average Bonchev–Trinajstić information content (AvgIpc) is 2.78. The summed E-state index contributed by atoms with van der Waals surface area (Å²) in [5, 5.41) is 10.6. The number of rotatable bonds is 10. The smallest absolute Gasteiger partial charge is 0.160 e. The van der Waals surface area contributed by atoms with Crippen LogP contribution in [-0.2, 0) is 6.42 Å². The molecular formula is C22H30O4. The summed E-state index contributed by atoms with van der Waals surface area (Å²) in [6.45, 7) is -0.262. The maximum Gasteiger partial charge on any atom is 0.160 e. The highest BCUT2D eigenvalue weighted by Crippen LogP contribution is 2.28. The second-order valence-corrected chi connectivity index (χ2v) is 5.73. The number of benzene rings is 2. The van der Waals surface area contributed by atoms with Crippen molar-refractivity contribution in [2.45, 2.75) is 45.6 Å². The van der Waals surface area contributed by atoms with Gasteiger partial charge in [0.1, 0.15) is 12.3 Å². The zero-order chi connectivity index (χ0) is 26.1. The maximum absolute atomic E-state index is 10.6. The van der Waals surface area contributed by atoms with Crippen LogP contribution in [0.15, 0.2) is 36.3 Å². The second-order valence-electron chi connectivity index (χ2n) is 5.73. The molecule has 1 unspecified atom stereocenters. The van der Waals surface area contributed by atoms with Crippen molar-refractivity contribution < 1.29 is 30.3 Å². The van der Waals surface area contributed by atoms with Gasteiger partial charge in [-0.2, -0.15) is 0 Å². The van der Waals surface area contributed by atoms with E-state index in [1.54, 1.807) is 25.1 Å². The molecule has 2 aromatic rings. The lowest BCUT2D eigenvalue weighted by Gasteiger charge is -2.13. The Labute approximate surface area is 168 Å². The summed E-state index contributed by atoms with van der Waals surface area (Å²) in [6.07, 6.45) is -5.96. The third-order valence-electron chi connectivity index (χ3n) is 3.86. The van der Waals surface area contributed by atoms with Crippen molar-refractivity contribution >= 4 is 0 Å². The van der Waals surface area contributed by atoms with Gasteiger partial charge in [0.2, 0.25) is 0 Å². The van der Waals surface area contributed by atoms with Crippen LogP contribution in [-0.4, -0.2) is 32.0 Å². The predicted molar refractivity (Wildman–Crippen MR) is 105 cm³/mol. The number of hydrogen-bond acceptors (Lipinski definition) is 4. The summed E-state index contributed by atoms with van der Waals surface area (Å²) in [5.41, 5.74) is 1.45. The Balaban J connectivity index is 2.21. The predicted octanol–water partition coefficient (Wildman–Crippen LogP) is 4.47. The Morgan fingerprint density at radius 3 is 2.62 bits per heavy atom. The Morgan fingerprint density at radius 2 is 1.88 bits per heavy atom. The van der Waals surface area contributed by atoms with E-state index in [1.807, 2.05) is 0 Å². The van der Waals surface area contributed by atoms with Gasteiger partial charge in [-0.05, 0) is 74.0 Å². The number of hydrogen-bond donors (Lipinski definition) is 1. The first-order valence-electron chi connectivity index (χ1n) is 12.3. The van der Waals surface area contributed by atoms with E-state index in [4.69, 9.17) is 25.2 Å². The molecule has 0 saturated carbocycles. The van der Waals surface area contributed by atoms with Gasteiger partial charge in [0.05, 0.1) is 28.5 Å². The molecule has 4 nitrogen and oxygen atoms in total. The highest BCUT2D eigenvalue weighted by atomic mass is 16.5. The molecule has 0 fully saturated rings. The Kier molecular flexibility index (Phi) is 4.45. The van der Waals surface area contributed by atoms with Gasteiger partial charge in [-0.3, -0.25) is 0 Å². The fraction of sp³-hybridized carbons (Fsp3) is 0.455. The standard InChI is InChI=1S/C22H30O4/c1-16-9-11-20(13-17(16)2)26-15-19(23)8-6-5-7-18-10-12-21(24-3)22(14-18)25-4/h9-14,19,23H,5-8,15H2,1-4H3/i8D2,9D,11D,13D,15D2,19D. The quantitative estimate of drug-likeness (QED) is 0.674. The topological polar surface area (TPSA) is 47.9 Å². The number of aliphatic hydroxyl groups is 1. The van der Waals surface area contributed by atoms with E-state index in [0.29, 0.717) is 29.0 Å². The van der Waals surface area contributed by atoms with Gasteiger partial charge < -0.3 is 19.3 Å². The van der Waals surface area contributed by atoms with Gasteiger partial charge in [0.15, 0.2) is 11.5 Å². The first-order chi connectivity index (χ1) is 15.6. The zero-order valence-electron chi connectivity index (χ0n) is 23.5. The molecule has 0 radical (unpaired) electrons. The largest absolute Gasteiger partial charge is 0.493 e. The van der Waals surface area contributed by atoms with Crippen molar-refractivity contribution in [3.8, 4) is 17.2 Å². The van der Waals surface area contributed by atoms with Gasteiger partial charge >= 0.3 is 0 Å². The number of aryl methyl sites for hydroxylation is 1. The third kappa shape index (κ3) is 5.95. The number of ether oxygens (including phenoxy) is 3. The molecule has 26 heavy (non-hydrogen) atoms. The van der Waals surface area contributed by atoms with Gasteiger partial charge in [-0.15, -0.1) is 0 Å². The molecule has 4 heteroatoms. The van der Waals surface area contributed by atoms with Crippen LogP contribution in [0.25, 0.3) is 0 Å². The lowest BCUT2D eigenvalue weighted by Crippen LogP contribution is -2.17. The maximum atomic E-state index is 10.6. The van der Waals surface area contributed by atoms with E-state index in [0.717, 1.165) is 5.56 Å². The van der Waals surface area contributed by atoms with Gasteiger partial charge in [0.25, 0.3) is 0 Å². The summed E-state index contributed by atoms with van der Waals surface area (Å²) in [7, 11) is 3.00. The van der Waals surface area contributed by atoms with Crippen molar-refractivity contribution in [2.75, 3.05) is 20.8 Å². The molecule has 0 bridgehead atoms. The summed E-state index contributed by atoms with van der Waals surface area (Å²) in [4.78, 5) is 0. The van der Waals surface area contributed by atoms with Crippen molar-refractivity contribution in [2.24, 2.45) is 0 Å². The summed E-state index contributed by atoms with van der Waals surface area (Å²) >= 11 is 0. The van der Waals surface area contributed by atoms with Crippen molar-refractivity contribution in [3.63, 3.8) is 0 Å². The highest BCUT2D eigenvalue weighted by molar-refractivity contribution is 5.42. The molecule has 0 aromatic heterocycles. The average molecular weight is 367 g/mol. The Bertz CT molecular complexity index is 1010. The summed E-state index contributed by atoms with van der Waals surface area (Å²) < 4.78 is 80.4. The van der Waals surface area contributed by atoms with E-state index < -0.39 is 30.8 Å². The third-order valence-corrected chi connectivity index (χ3v) is 3.86. The zero-order valence-corrected chi connectivity index (χ0v) is 15.5. The van der Waals surface area contributed by atoms with Crippen molar-refractivity contribution in [1.29, 1.82) is 0 Å². The summed E-state index contributed by atoms with van der Waals surface area (Å²) in [5.74, 6) is 0.423. The molecule has 1 atom stereocenters. The van der Waals surface area contributed by atoms with Crippen LogP contribution in [0.1, 0.15) is 46.9 Å². The molecule has 2 aromatic carbocycles. The first-order valence-corrected chi connectivity index (χ1v) is 8.30. The van der Waals surface area contributed by atoms with E-state index in [2.05, 4.69) is 0 Å². The molecule has 0 saturated heterocycles.